The van der Waals surface area contributed by atoms with Gasteiger partial charge in [-0.3, -0.25) is 4.68 Å². The average Bonchev–Trinajstić information content (AvgIpc) is 3.08. The van der Waals surface area contributed by atoms with E-state index in [2.05, 4.69) is 20.4 Å². The van der Waals surface area contributed by atoms with Crippen LogP contribution in [-0.2, 0) is 13.7 Å². The van der Waals surface area contributed by atoms with Crippen molar-refractivity contribution in [1.29, 1.82) is 0 Å². The number of hydrogen-bond donors (Lipinski definition) is 2. The molecule has 0 saturated heterocycles. The number of ether oxygens (including phenoxy) is 1. The third-order valence-electron chi connectivity index (χ3n) is 3.97. The average molecular weight is 382 g/mol. The lowest BCUT2D eigenvalue weighted by Crippen LogP contribution is -1.98. The standard InChI is InChI=1S/C19H16ClN5O2/c1-25-7-6-18(24-25)23-19-14-9-13(3-4-16(14)21-11-22-19)27-17-5-2-12(10-26)8-15(17)20/h2-9,11,26H,10H2,1H3,(H,21,22,23,24). The zero-order chi connectivity index (χ0) is 18.8. The largest absolute Gasteiger partial charge is 0.456 e. The molecule has 0 atom stereocenters. The highest BCUT2D eigenvalue weighted by Crippen LogP contribution is 2.33. The van der Waals surface area contributed by atoms with Crippen molar-refractivity contribution in [2.75, 3.05) is 5.32 Å². The second-order valence-electron chi connectivity index (χ2n) is 5.93. The number of halogens is 1. The van der Waals surface area contributed by atoms with Crippen molar-refractivity contribution in [2.45, 2.75) is 6.61 Å². The van der Waals surface area contributed by atoms with Crippen molar-refractivity contribution in [3.63, 3.8) is 0 Å². The van der Waals surface area contributed by atoms with Crippen molar-refractivity contribution < 1.29 is 9.84 Å². The van der Waals surface area contributed by atoms with Crippen molar-refractivity contribution in [1.82, 2.24) is 19.7 Å². The van der Waals surface area contributed by atoms with Crippen LogP contribution in [0.15, 0.2) is 55.0 Å². The Kier molecular flexibility index (Phi) is 4.62. The zero-order valence-corrected chi connectivity index (χ0v) is 15.2. The monoisotopic (exact) mass is 381 g/mol. The van der Waals surface area contributed by atoms with E-state index in [1.807, 2.05) is 37.5 Å². The van der Waals surface area contributed by atoms with Crippen molar-refractivity contribution >= 4 is 34.1 Å². The van der Waals surface area contributed by atoms with Crippen LogP contribution in [0.1, 0.15) is 5.56 Å². The molecule has 2 heterocycles. The molecule has 0 saturated carbocycles. The molecular formula is C19H16ClN5O2. The lowest BCUT2D eigenvalue weighted by Gasteiger charge is -2.11. The molecule has 136 valence electrons. The molecule has 0 fully saturated rings. The van der Waals surface area contributed by atoms with E-state index in [1.165, 1.54) is 6.33 Å². The van der Waals surface area contributed by atoms with Gasteiger partial charge in [0, 0.05) is 24.7 Å². The maximum Gasteiger partial charge on any atom is 0.153 e. The predicted molar refractivity (Wildman–Crippen MR) is 103 cm³/mol. The summed E-state index contributed by atoms with van der Waals surface area (Å²) in [4.78, 5) is 8.61. The van der Waals surface area contributed by atoms with Crippen LogP contribution in [0.2, 0.25) is 5.02 Å². The van der Waals surface area contributed by atoms with Gasteiger partial charge in [0.25, 0.3) is 0 Å². The number of aryl methyl sites for hydroxylation is 1. The van der Waals surface area contributed by atoms with Gasteiger partial charge in [0.15, 0.2) is 5.82 Å². The highest BCUT2D eigenvalue weighted by molar-refractivity contribution is 6.32. The Labute approximate surface area is 160 Å². The molecule has 0 aliphatic rings. The van der Waals surface area contributed by atoms with Crippen molar-refractivity contribution in [2.24, 2.45) is 7.05 Å². The van der Waals surface area contributed by atoms with Gasteiger partial charge in [-0.15, -0.1) is 0 Å². The maximum absolute atomic E-state index is 9.19. The van der Waals surface area contributed by atoms with Gasteiger partial charge < -0.3 is 15.2 Å². The fourth-order valence-electron chi connectivity index (χ4n) is 2.65. The smallest absolute Gasteiger partial charge is 0.153 e. The molecule has 0 spiro atoms. The fraction of sp³-hybridized carbons (Fsp3) is 0.105. The van der Waals surface area contributed by atoms with Crippen LogP contribution in [0.5, 0.6) is 11.5 Å². The molecule has 8 heteroatoms. The molecular weight excluding hydrogens is 366 g/mol. The first-order valence-electron chi connectivity index (χ1n) is 8.21. The van der Waals surface area contributed by atoms with Gasteiger partial charge in [-0.2, -0.15) is 5.10 Å². The van der Waals surface area contributed by atoms with E-state index in [0.29, 0.717) is 28.2 Å². The summed E-state index contributed by atoms with van der Waals surface area (Å²) in [5.74, 6) is 2.42. The molecule has 0 unspecified atom stereocenters. The van der Waals surface area contributed by atoms with Crippen LogP contribution in [0.4, 0.5) is 11.6 Å². The van der Waals surface area contributed by atoms with E-state index < -0.39 is 0 Å². The summed E-state index contributed by atoms with van der Waals surface area (Å²) < 4.78 is 7.62. The highest BCUT2D eigenvalue weighted by Gasteiger charge is 2.09. The number of aromatic nitrogens is 4. The Morgan fingerprint density at radius 2 is 2.04 bits per heavy atom. The predicted octanol–water partition coefficient (Wildman–Crippen LogP) is 4.04. The fourth-order valence-corrected chi connectivity index (χ4v) is 2.90. The van der Waals surface area contributed by atoms with Gasteiger partial charge in [-0.05, 0) is 35.9 Å². The number of fused-ring (bicyclic) bond motifs is 1. The summed E-state index contributed by atoms with van der Waals surface area (Å²) in [7, 11) is 1.85. The Morgan fingerprint density at radius 1 is 1.15 bits per heavy atom. The minimum atomic E-state index is -0.0735. The Hall–Kier alpha value is -3.16. The Bertz CT molecular complexity index is 1110. The van der Waals surface area contributed by atoms with Gasteiger partial charge in [0.2, 0.25) is 0 Å². The van der Waals surface area contributed by atoms with Crippen LogP contribution in [0, 0.1) is 0 Å². The van der Waals surface area contributed by atoms with Gasteiger partial charge in [0.05, 0.1) is 17.1 Å². The molecule has 0 aliphatic carbocycles. The highest BCUT2D eigenvalue weighted by atomic mass is 35.5. The first kappa shape index (κ1) is 17.3. The number of nitrogens with zero attached hydrogens (tertiary/aromatic N) is 4. The second-order valence-corrected chi connectivity index (χ2v) is 6.33. The summed E-state index contributed by atoms with van der Waals surface area (Å²) in [5, 5.41) is 17.9. The second kappa shape index (κ2) is 7.22. The number of hydrogen-bond acceptors (Lipinski definition) is 6. The van der Waals surface area contributed by atoms with E-state index in [4.69, 9.17) is 16.3 Å². The molecule has 4 rings (SSSR count). The molecule has 27 heavy (non-hydrogen) atoms. The van der Waals surface area contributed by atoms with E-state index in [0.717, 1.165) is 16.5 Å². The van der Waals surface area contributed by atoms with Gasteiger partial charge in [0.1, 0.15) is 23.6 Å². The molecule has 2 aromatic heterocycles. The quantitative estimate of drug-likeness (QED) is 0.542. The van der Waals surface area contributed by atoms with Gasteiger partial charge in [-0.1, -0.05) is 17.7 Å². The molecule has 0 radical (unpaired) electrons. The minimum Gasteiger partial charge on any atom is -0.456 e. The molecule has 0 aliphatic heterocycles. The van der Waals surface area contributed by atoms with E-state index in [1.54, 1.807) is 22.9 Å². The molecule has 0 amide bonds. The third kappa shape index (κ3) is 3.69. The normalized spacial score (nSPS) is 10.9. The number of anilines is 2. The third-order valence-corrected chi connectivity index (χ3v) is 4.27. The summed E-state index contributed by atoms with van der Waals surface area (Å²) >= 11 is 6.23. The number of aliphatic hydroxyl groups is 1. The van der Waals surface area contributed by atoms with Crippen molar-refractivity contribution in [3.8, 4) is 11.5 Å². The minimum absolute atomic E-state index is 0.0735. The van der Waals surface area contributed by atoms with Crippen LogP contribution in [0.3, 0.4) is 0 Å². The van der Waals surface area contributed by atoms with Crippen LogP contribution >= 0.6 is 11.6 Å². The van der Waals surface area contributed by atoms with Crippen LogP contribution < -0.4 is 10.1 Å². The molecule has 7 nitrogen and oxygen atoms in total. The van der Waals surface area contributed by atoms with Crippen LogP contribution in [-0.4, -0.2) is 24.9 Å². The summed E-state index contributed by atoms with van der Waals surface area (Å²) in [6.07, 6.45) is 3.34. The van der Waals surface area contributed by atoms with Gasteiger partial charge >= 0.3 is 0 Å². The van der Waals surface area contributed by atoms with E-state index in [-0.39, 0.29) is 6.61 Å². The first-order valence-corrected chi connectivity index (χ1v) is 8.59. The topological polar surface area (TPSA) is 85.1 Å². The zero-order valence-electron chi connectivity index (χ0n) is 14.4. The molecule has 2 N–H and O–H groups in total. The number of nitrogens with one attached hydrogen (secondary N) is 1. The Balaban J connectivity index is 1.67. The summed E-state index contributed by atoms with van der Waals surface area (Å²) in [5.41, 5.74) is 1.50. The molecule has 2 aromatic carbocycles. The van der Waals surface area contributed by atoms with Gasteiger partial charge in [-0.25, -0.2) is 9.97 Å². The lowest BCUT2D eigenvalue weighted by molar-refractivity contribution is 0.281. The molecule has 4 aromatic rings. The molecule has 0 bridgehead atoms. The lowest BCUT2D eigenvalue weighted by atomic mass is 10.2. The van der Waals surface area contributed by atoms with E-state index in [9.17, 15) is 5.11 Å². The summed E-state index contributed by atoms with van der Waals surface area (Å²) in [6, 6.07) is 12.5. The number of rotatable bonds is 5. The first-order chi connectivity index (χ1) is 13.1. The number of aliphatic hydroxyl groups excluding tert-OH is 1. The maximum atomic E-state index is 9.19. The summed E-state index contributed by atoms with van der Waals surface area (Å²) in [6.45, 7) is -0.0735. The SMILES string of the molecule is Cn1ccc(Nc2ncnc3ccc(Oc4ccc(CO)cc4Cl)cc23)n1. The van der Waals surface area contributed by atoms with Crippen LogP contribution in [0.25, 0.3) is 10.9 Å². The number of benzene rings is 2. The van der Waals surface area contributed by atoms with E-state index >= 15 is 0 Å². The Morgan fingerprint density at radius 3 is 2.78 bits per heavy atom. The van der Waals surface area contributed by atoms with Crippen molar-refractivity contribution in [3.05, 3.63) is 65.6 Å².